The molecular formula is C26H33N3O2. The maximum atomic E-state index is 12.7. The Morgan fingerprint density at radius 2 is 1.71 bits per heavy atom. The lowest BCUT2D eigenvalue weighted by molar-refractivity contribution is 0.0354. The maximum Gasteiger partial charge on any atom is 0.326 e. The molecule has 5 rings (SSSR count). The van der Waals surface area contributed by atoms with Gasteiger partial charge in [-0.2, -0.15) is 0 Å². The Balaban J connectivity index is 1.43. The van der Waals surface area contributed by atoms with Crippen molar-refractivity contribution in [1.29, 1.82) is 0 Å². The summed E-state index contributed by atoms with van der Waals surface area (Å²) in [6.45, 7) is 2.04. The zero-order valence-corrected chi connectivity index (χ0v) is 18.5. The van der Waals surface area contributed by atoms with Crippen LogP contribution in [0.4, 0.5) is 0 Å². The van der Waals surface area contributed by atoms with Gasteiger partial charge >= 0.3 is 5.69 Å². The van der Waals surface area contributed by atoms with Crippen LogP contribution < -0.4 is 10.4 Å². The van der Waals surface area contributed by atoms with Gasteiger partial charge in [-0.15, -0.1) is 0 Å². The number of benzene rings is 2. The van der Waals surface area contributed by atoms with Gasteiger partial charge in [0.1, 0.15) is 5.75 Å². The van der Waals surface area contributed by atoms with Gasteiger partial charge in [-0.05, 0) is 55.5 Å². The van der Waals surface area contributed by atoms with Crippen LogP contribution in [-0.4, -0.2) is 34.7 Å². The first-order valence-electron chi connectivity index (χ1n) is 11.8. The predicted octanol–water partition coefficient (Wildman–Crippen LogP) is 5.22. The number of imidazole rings is 1. The summed E-state index contributed by atoms with van der Waals surface area (Å²) in [5.74, 6) is 0.946. The highest BCUT2D eigenvalue weighted by Gasteiger charge is 2.40. The topological polar surface area (TPSA) is 50.3 Å². The first-order chi connectivity index (χ1) is 15.2. The summed E-state index contributed by atoms with van der Waals surface area (Å²) < 4.78 is 7.57. The van der Waals surface area contributed by atoms with Crippen molar-refractivity contribution in [3.63, 3.8) is 0 Å². The number of nitrogens with zero attached hydrogens (tertiary/aromatic N) is 2. The number of ether oxygens (including phenoxy) is 1. The summed E-state index contributed by atoms with van der Waals surface area (Å²) in [7, 11) is 1.75. The van der Waals surface area contributed by atoms with E-state index in [2.05, 4.69) is 34.1 Å². The molecule has 1 saturated heterocycles. The van der Waals surface area contributed by atoms with Crippen molar-refractivity contribution in [1.82, 2.24) is 14.5 Å². The van der Waals surface area contributed by atoms with Gasteiger partial charge in [0.2, 0.25) is 0 Å². The van der Waals surface area contributed by atoms with Crippen LogP contribution in [-0.2, 0) is 5.54 Å². The van der Waals surface area contributed by atoms with E-state index in [0.29, 0.717) is 0 Å². The number of hydrogen-bond acceptors (Lipinski definition) is 3. The Labute approximate surface area is 184 Å². The molecule has 2 aromatic carbocycles. The quantitative estimate of drug-likeness (QED) is 0.590. The second-order valence-corrected chi connectivity index (χ2v) is 9.21. The highest BCUT2D eigenvalue weighted by molar-refractivity contribution is 5.75. The molecule has 5 nitrogen and oxygen atoms in total. The molecule has 0 unspecified atom stereocenters. The second-order valence-electron chi connectivity index (χ2n) is 9.21. The Morgan fingerprint density at radius 1 is 0.968 bits per heavy atom. The van der Waals surface area contributed by atoms with Gasteiger partial charge in [-0.3, -0.25) is 9.47 Å². The van der Waals surface area contributed by atoms with Crippen molar-refractivity contribution in [2.45, 2.75) is 62.9 Å². The van der Waals surface area contributed by atoms with Crippen LogP contribution in [0, 0.1) is 0 Å². The van der Waals surface area contributed by atoms with Gasteiger partial charge in [-0.1, -0.05) is 49.9 Å². The van der Waals surface area contributed by atoms with E-state index in [9.17, 15) is 4.79 Å². The molecule has 0 atom stereocenters. The van der Waals surface area contributed by atoms with Gasteiger partial charge < -0.3 is 9.72 Å². The van der Waals surface area contributed by atoms with E-state index in [1.54, 1.807) is 7.11 Å². The number of nitrogens with one attached hydrogen (secondary N) is 1. The molecule has 164 valence electrons. The number of rotatable bonds is 4. The number of piperidine rings is 1. The summed E-state index contributed by atoms with van der Waals surface area (Å²) in [4.78, 5) is 18.5. The molecule has 31 heavy (non-hydrogen) atoms. The van der Waals surface area contributed by atoms with Crippen molar-refractivity contribution in [3.05, 3.63) is 64.6 Å². The minimum atomic E-state index is 0.0247. The molecular weight excluding hydrogens is 386 g/mol. The molecule has 0 radical (unpaired) electrons. The largest absolute Gasteiger partial charge is 0.497 e. The molecule has 5 heteroatoms. The molecule has 0 bridgehead atoms. The van der Waals surface area contributed by atoms with E-state index < -0.39 is 0 Å². The average molecular weight is 420 g/mol. The Hall–Kier alpha value is -2.53. The van der Waals surface area contributed by atoms with Crippen molar-refractivity contribution in [3.8, 4) is 5.75 Å². The molecule has 1 N–H and O–H groups in total. The van der Waals surface area contributed by atoms with E-state index in [1.807, 2.05) is 28.8 Å². The molecule has 2 aliphatic rings. The smallest absolute Gasteiger partial charge is 0.326 e. The fourth-order valence-corrected chi connectivity index (χ4v) is 6.00. The summed E-state index contributed by atoms with van der Waals surface area (Å²) >= 11 is 0. The Morgan fingerprint density at radius 3 is 2.45 bits per heavy atom. The Bertz CT molecular complexity index is 1080. The summed E-state index contributed by atoms with van der Waals surface area (Å²) in [5.41, 5.74) is 3.48. The van der Waals surface area contributed by atoms with Gasteiger partial charge in [-0.25, -0.2) is 4.79 Å². The monoisotopic (exact) mass is 419 g/mol. The minimum absolute atomic E-state index is 0.0247. The van der Waals surface area contributed by atoms with Gasteiger partial charge in [0.25, 0.3) is 0 Å². The number of aromatic nitrogens is 2. The molecule has 0 spiro atoms. The maximum absolute atomic E-state index is 12.7. The summed E-state index contributed by atoms with van der Waals surface area (Å²) in [6.07, 6.45) is 9.63. The lowest BCUT2D eigenvalue weighted by atomic mass is 9.79. The predicted molar refractivity (Wildman–Crippen MR) is 125 cm³/mol. The first kappa shape index (κ1) is 20.4. The Kier molecular flexibility index (Phi) is 5.61. The number of aromatic amines is 1. The molecule has 1 aliphatic carbocycles. The lowest BCUT2D eigenvalue weighted by Gasteiger charge is -2.48. The SMILES string of the molecule is COc1cccc(C2(N3CCC(n4c(=O)[nH]c5ccccc54)CC3)CCCCCC2)c1. The van der Waals surface area contributed by atoms with Crippen molar-refractivity contribution in [2.24, 2.45) is 0 Å². The zero-order chi connectivity index (χ0) is 21.3. The molecule has 0 amide bonds. The number of likely N-dealkylation sites (tertiary alicyclic amines) is 1. The normalized spacial score (nSPS) is 20.5. The number of hydrogen-bond donors (Lipinski definition) is 1. The van der Waals surface area contributed by atoms with Crippen LogP contribution >= 0.6 is 0 Å². The van der Waals surface area contributed by atoms with E-state index in [1.165, 1.54) is 44.1 Å². The highest BCUT2D eigenvalue weighted by atomic mass is 16.5. The molecule has 1 aromatic heterocycles. The number of methoxy groups -OCH3 is 1. The molecule has 2 heterocycles. The lowest BCUT2D eigenvalue weighted by Crippen LogP contribution is -2.50. The van der Waals surface area contributed by atoms with Crippen molar-refractivity contribution in [2.75, 3.05) is 20.2 Å². The molecule has 1 saturated carbocycles. The van der Waals surface area contributed by atoms with E-state index in [-0.39, 0.29) is 17.3 Å². The summed E-state index contributed by atoms with van der Waals surface area (Å²) in [6, 6.07) is 17.0. The van der Waals surface area contributed by atoms with Crippen LogP contribution in [0.5, 0.6) is 5.75 Å². The third kappa shape index (κ3) is 3.69. The summed E-state index contributed by atoms with van der Waals surface area (Å²) in [5, 5.41) is 0. The van der Waals surface area contributed by atoms with Crippen LogP contribution in [0.1, 0.15) is 63.0 Å². The molecule has 1 aliphatic heterocycles. The van der Waals surface area contributed by atoms with Gasteiger partial charge in [0.15, 0.2) is 0 Å². The fraction of sp³-hybridized carbons (Fsp3) is 0.500. The van der Waals surface area contributed by atoms with Crippen LogP contribution in [0.2, 0.25) is 0 Å². The number of para-hydroxylation sites is 2. The van der Waals surface area contributed by atoms with Crippen LogP contribution in [0.25, 0.3) is 11.0 Å². The van der Waals surface area contributed by atoms with Crippen LogP contribution in [0.15, 0.2) is 53.3 Å². The van der Waals surface area contributed by atoms with E-state index in [4.69, 9.17) is 4.74 Å². The van der Waals surface area contributed by atoms with Crippen LogP contribution in [0.3, 0.4) is 0 Å². The standard InChI is InChI=1S/C26H33N3O2/c1-31-22-10-8-9-20(19-22)26(15-6-2-3-7-16-26)28-17-13-21(14-18-28)29-24-12-5-4-11-23(24)27-25(29)30/h4-5,8-12,19,21H,2-3,6-7,13-18H2,1H3,(H,27,30). The third-order valence-corrected chi connectivity index (χ3v) is 7.60. The van der Waals surface area contributed by atoms with Gasteiger partial charge in [0.05, 0.1) is 18.1 Å². The minimum Gasteiger partial charge on any atom is -0.497 e. The number of fused-ring (bicyclic) bond motifs is 1. The second kappa shape index (κ2) is 8.54. The number of H-pyrrole nitrogens is 1. The first-order valence-corrected chi connectivity index (χ1v) is 11.8. The third-order valence-electron chi connectivity index (χ3n) is 7.60. The highest BCUT2D eigenvalue weighted by Crippen LogP contribution is 2.44. The molecule has 3 aromatic rings. The fourth-order valence-electron chi connectivity index (χ4n) is 6.00. The average Bonchev–Trinajstić information content (AvgIpc) is 2.98. The van der Waals surface area contributed by atoms with E-state index in [0.717, 1.165) is 42.7 Å². The van der Waals surface area contributed by atoms with Crippen molar-refractivity contribution >= 4 is 11.0 Å². The van der Waals surface area contributed by atoms with E-state index >= 15 is 0 Å². The molecule has 2 fully saturated rings. The zero-order valence-electron chi connectivity index (χ0n) is 18.5. The van der Waals surface area contributed by atoms with Gasteiger partial charge in [0, 0.05) is 24.7 Å². The van der Waals surface area contributed by atoms with Crippen molar-refractivity contribution < 1.29 is 4.74 Å².